The lowest BCUT2D eigenvalue weighted by Crippen LogP contribution is -2.25. The van der Waals surface area contributed by atoms with Gasteiger partial charge in [-0.05, 0) is 37.8 Å². The Morgan fingerprint density at radius 2 is 2.38 bits per heavy atom. The average Bonchev–Trinajstić information content (AvgIpc) is 2.61. The molecule has 1 aliphatic rings. The van der Waals surface area contributed by atoms with E-state index in [-0.39, 0.29) is 0 Å². The number of halogens is 1. The van der Waals surface area contributed by atoms with Crippen molar-refractivity contribution in [2.75, 3.05) is 13.2 Å². The van der Waals surface area contributed by atoms with Gasteiger partial charge in [0.15, 0.2) is 0 Å². The van der Waals surface area contributed by atoms with Crippen LogP contribution in [0.25, 0.3) is 0 Å². The summed E-state index contributed by atoms with van der Waals surface area (Å²) in [6.07, 6.45) is 3.97. The predicted molar refractivity (Wildman–Crippen MR) is 55.7 cm³/mol. The minimum atomic E-state index is 0.358. The van der Waals surface area contributed by atoms with Crippen molar-refractivity contribution in [2.24, 2.45) is 11.7 Å². The molecular formula is C10H18ClNO. The molecule has 76 valence electrons. The van der Waals surface area contributed by atoms with Crippen LogP contribution in [-0.2, 0) is 4.74 Å². The van der Waals surface area contributed by atoms with Crippen LogP contribution in [0, 0.1) is 5.92 Å². The molecule has 1 fully saturated rings. The summed E-state index contributed by atoms with van der Waals surface area (Å²) < 4.78 is 5.73. The molecule has 0 aromatic heterocycles. The molecule has 2 atom stereocenters. The number of rotatable bonds is 4. The van der Waals surface area contributed by atoms with Gasteiger partial charge in [-0.3, -0.25) is 0 Å². The van der Waals surface area contributed by atoms with E-state index in [0.717, 1.165) is 18.5 Å². The molecule has 0 spiro atoms. The molecule has 1 saturated carbocycles. The Labute approximate surface area is 85.1 Å². The van der Waals surface area contributed by atoms with Gasteiger partial charge in [0, 0.05) is 5.54 Å². The Morgan fingerprint density at radius 1 is 1.62 bits per heavy atom. The minimum absolute atomic E-state index is 0.358. The normalized spacial score (nSPS) is 29.6. The van der Waals surface area contributed by atoms with Crippen molar-refractivity contribution in [1.82, 2.24) is 0 Å². The first-order valence-electron chi connectivity index (χ1n) is 4.85. The highest BCUT2D eigenvalue weighted by atomic mass is 35.5. The van der Waals surface area contributed by atoms with Gasteiger partial charge >= 0.3 is 0 Å². The highest BCUT2D eigenvalue weighted by Crippen LogP contribution is 2.27. The lowest BCUT2D eigenvalue weighted by atomic mass is 10.1. The second kappa shape index (κ2) is 5.63. The fourth-order valence-electron chi connectivity index (χ4n) is 1.76. The summed E-state index contributed by atoms with van der Waals surface area (Å²) in [6, 6.07) is 0. The van der Waals surface area contributed by atoms with Gasteiger partial charge in [0.1, 0.15) is 0 Å². The summed E-state index contributed by atoms with van der Waals surface area (Å²) in [5.74, 6) is 0.558. The summed E-state index contributed by atoms with van der Waals surface area (Å²) in [6.45, 7) is 3.36. The van der Waals surface area contributed by atoms with E-state index in [2.05, 4.69) is 0 Å². The van der Waals surface area contributed by atoms with E-state index in [0.29, 0.717) is 18.6 Å². The van der Waals surface area contributed by atoms with Crippen LogP contribution in [0.1, 0.15) is 26.2 Å². The standard InChI is InChI=1S/C10H18ClNO/c1-8(5-11)7-13-10-4-2-3-9(10)6-12/h5,9-10H,2-4,6-7,12H2,1H3. The fraction of sp³-hybridized carbons (Fsp3) is 0.800. The maximum atomic E-state index is 5.73. The third-order valence-corrected chi connectivity index (χ3v) is 2.98. The highest BCUT2D eigenvalue weighted by molar-refractivity contribution is 6.25. The molecule has 0 aromatic rings. The molecule has 2 N–H and O–H groups in total. The lowest BCUT2D eigenvalue weighted by molar-refractivity contribution is 0.0449. The van der Waals surface area contributed by atoms with Crippen molar-refractivity contribution < 1.29 is 4.74 Å². The Kier molecular flexibility index (Phi) is 4.78. The number of nitrogens with two attached hydrogens (primary N) is 1. The smallest absolute Gasteiger partial charge is 0.0689 e. The molecule has 2 nitrogen and oxygen atoms in total. The SMILES string of the molecule is CC(=CCl)COC1CCCC1CN. The summed E-state index contributed by atoms with van der Waals surface area (Å²) in [5, 5.41) is 0. The van der Waals surface area contributed by atoms with Gasteiger partial charge in [-0.25, -0.2) is 0 Å². The van der Waals surface area contributed by atoms with Gasteiger partial charge in [-0.15, -0.1) is 0 Å². The zero-order valence-electron chi connectivity index (χ0n) is 8.13. The molecule has 1 rings (SSSR count). The van der Waals surface area contributed by atoms with Crippen LogP contribution >= 0.6 is 11.6 Å². The molecule has 0 radical (unpaired) electrons. The maximum absolute atomic E-state index is 5.73. The molecule has 3 heteroatoms. The average molecular weight is 204 g/mol. The first-order valence-corrected chi connectivity index (χ1v) is 5.29. The first-order chi connectivity index (χ1) is 6.27. The van der Waals surface area contributed by atoms with E-state index in [1.165, 1.54) is 12.8 Å². The Bertz CT molecular complexity index is 182. The monoisotopic (exact) mass is 203 g/mol. The largest absolute Gasteiger partial charge is 0.374 e. The highest BCUT2D eigenvalue weighted by Gasteiger charge is 2.26. The van der Waals surface area contributed by atoms with Crippen molar-refractivity contribution >= 4 is 11.6 Å². The zero-order valence-corrected chi connectivity index (χ0v) is 8.89. The molecule has 0 aliphatic heterocycles. The minimum Gasteiger partial charge on any atom is -0.374 e. The van der Waals surface area contributed by atoms with Gasteiger partial charge in [0.2, 0.25) is 0 Å². The quantitative estimate of drug-likeness (QED) is 0.761. The molecule has 0 aromatic carbocycles. The zero-order chi connectivity index (χ0) is 9.68. The molecular weight excluding hydrogens is 186 g/mol. The van der Waals surface area contributed by atoms with Gasteiger partial charge in [0.05, 0.1) is 12.7 Å². The number of hydrogen-bond donors (Lipinski definition) is 1. The van der Waals surface area contributed by atoms with E-state index in [1.807, 2.05) is 6.92 Å². The Morgan fingerprint density at radius 3 is 3.00 bits per heavy atom. The summed E-state index contributed by atoms with van der Waals surface area (Å²) >= 11 is 5.54. The lowest BCUT2D eigenvalue weighted by Gasteiger charge is -2.18. The molecule has 0 heterocycles. The summed E-state index contributed by atoms with van der Waals surface area (Å²) in [7, 11) is 0. The number of hydrogen-bond acceptors (Lipinski definition) is 2. The van der Waals surface area contributed by atoms with Crippen LogP contribution in [0.4, 0.5) is 0 Å². The van der Waals surface area contributed by atoms with E-state index in [9.17, 15) is 0 Å². The van der Waals surface area contributed by atoms with Crippen LogP contribution in [0.5, 0.6) is 0 Å². The van der Waals surface area contributed by atoms with E-state index in [4.69, 9.17) is 22.1 Å². The molecule has 0 bridgehead atoms. The third kappa shape index (κ3) is 3.29. The Balaban J connectivity index is 2.27. The predicted octanol–water partition coefficient (Wildman–Crippen LogP) is 2.27. The van der Waals surface area contributed by atoms with Crippen molar-refractivity contribution in [3.8, 4) is 0 Å². The molecule has 0 amide bonds. The van der Waals surface area contributed by atoms with Crippen molar-refractivity contribution in [3.63, 3.8) is 0 Å². The second-order valence-electron chi connectivity index (χ2n) is 3.73. The van der Waals surface area contributed by atoms with E-state index >= 15 is 0 Å². The molecule has 13 heavy (non-hydrogen) atoms. The Hall–Kier alpha value is -0.0500. The molecule has 0 saturated heterocycles. The van der Waals surface area contributed by atoms with Gasteiger partial charge in [-0.1, -0.05) is 18.0 Å². The second-order valence-corrected chi connectivity index (χ2v) is 3.95. The van der Waals surface area contributed by atoms with Crippen molar-refractivity contribution in [1.29, 1.82) is 0 Å². The van der Waals surface area contributed by atoms with Gasteiger partial charge in [0.25, 0.3) is 0 Å². The maximum Gasteiger partial charge on any atom is 0.0689 e. The number of ether oxygens (including phenoxy) is 1. The van der Waals surface area contributed by atoms with E-state index < -0.39 is 0 Å². The summed E-state index contributed by atoms with van der Waals surface area (Å²) in [5.41, 5.74) is 8.29. The topological polar surface area (TPSA) is 35.2 Å². The van der Waals surface area contributed by atoms with Crippen molar-refractivity contribution in [2.45, 2.75) is 32.3 Å². The van der Waals surface area contributed by atoms with Crippen LogP contribution in [-0.4, -0.2) is 19.3 Å². The van der Waals surface area contributed by atoms with Gasteiger partial charge < -0.3 is 10.5 Å². The molecule has 2 unspecified atom stereocenters. The fourth-order valence-corrected chi connectivity index (χ4v) is 1.82. The molecule has 1 aliphatic carbocycles. The first kappa shape index (κ1) is 11.0. The van der Waals surface area contributed by atoms with Crippen LogP contribution in [0.15, 0.2) is 11.1 Å². The van der Waals surface area contributed by atoms with Gasteiger partial charge in [-0.2, -0.15) is 0 Å². The summed E-state index contributed by atoms with van der Waals surface area (Å²) in [4.78, 5) is 0. The van der Waals surface area contributed by atoms with Crippen molar-refractivity contribution in [3.05, 3.63) is 11.1 Å². The van der Waals surface area contributed by atoms with Crippen LogP contribution in [0.3, 0.4) is 0 Å². The van der Waals surface area contributed by atoms with Crippen LogP contribution < -0.4 is 5.73 Å². The van der Waals surface area contributed by atoms with E-state index in [1.54, 1.807) is 5.54 Å². The van der Waals surface area contributed by atoms with Crippen LogP contribution in [0.2, 0.25) is 0 Å². The third-order valence-electron chi connectivity index (χ3n) is 2.60.